The van der Waals surface area contributed by atoms with Crippen LogP contribution >= 0.6 is 0 Å². The lowest BCUT2D eigenvalue weighted by Gasteiger charge is -2.28. The second-order valence-electron chi connectivity index (χ2n) is 3.74. The number of nitrogens with one attached hydrogen (secondary N) is 1. The molecule has 92 valence electrons. The zero-order valence-electron chi connectivity index (χ0n) is 9.14. The van der Waals surface area contributed by atoms with Gasteiger partial charge in [0.15, 0.2) is 0 Å². The topological polar surface area (TPSA) is 86.7 Å². The minimum absolute atomic E-state index is 0.270. The summed E-state index contributed by atoms with van der Waals surface area (Å²) < 4.78 is 11.1. The summed E-state index contributed by atoms with van der Waals surface area (Å²) in [5.41, 5.74) is 0. The average Bonchev–Trinajstić information content (AvgIpc) is 2.19. The monoisotopic (exact) mass is 248 g/mol. The van der Waals surface area contributed by atoms with Gasteiger partial charge in [-0.05, 0) is 0 Å². The Morgan fingerprint density at radius 1 is 1.44 bits per heavy atom. The van der Waals surface area contributed by atoms with Crippen LogP contribution in [-0.4, -0.2) is 63.3 Å². The molecular formula is C9H16N2O4S. The summed E-state index contributed by atoms with van der Waals surface area (Å²) in [7, 11) is -0.774. The largest absolute Gasteiger partial charge is 0.480 e. The smallest absolute Gasteiger partial charge is 0.327 e. The average molecular weight is 248 g/mol. The molecule has 0 radical (unpaired) electrons. The van der Waals surface area contributed by atoms with E-state index < -0.39 is 22.8 Å². The van der Waals surface area contributed by atoms with Crippen molar-refractivity contribution in [3.63, 3.8) is 0 Å². The summed E-state index contributed by atoms with van der Waals surface area (Å²) in [6, 6.07) is -0.885. The van der Waals surface area contributed by atoms with Crippen molar-refractivity contribution in [3.8, 4) is 0 Å². The molecule has 0 aromatic carbocycles. The van der Waals surface area contributed by atoms with Gasteiger partial charge in [-0.15, -0.1) is 0 Å². The molecule has 1 atom stereocenters. The van der Waals surface area contributed by atoms with Gasteiger partial charge in [-0.3, -0.25) is 13.9 Å². The number of carbonyl (C=O) groups excluding carboxylic acids is 1. The molecule has 7 heteroatoms. The molecule has 1 unspecified atom stereocenters. The lowest BCUT2D eigenvalue weighted by atomic mass is 10.2. The first kappa shape index (κ1) is 13.1. The molecule has 0 aromatic heterocycles. The Balaban J connectivity index is 2.45. The van der Waals surface area contributed by atoms with E-state index in [4.69, 9.17) is 5.11 Å². The molecule has 16 heavy (non-hydrogen) atoms. The van der Waals surface area contributed by atoms with Crippen molar-refractivity contribution in [3.05, 3.63) is 0 Å². The maximum atomic E-state index is 11.1. The lowest BCUT2D eigenvalue weighted by Crippen LogP contribution is -2.50. The highest BCUT2D eigenvalue weighted by atomic mass is 32.2. The number of nitrogens with zero attached hydrogens (tertiary/aromatic N) is 1. The standard InChI is InChI=1S/C9H16N2O4S/c1-7(12)10-8(9(13)14)6-11-2-4-16(15)5-3-11/h8H,2-6H2,1H3,(H,10,12)(H,13,14). The number of carboxylic acids is 1. The van der Waals surface area contributed by atoms with Crippen LogP contribution in [0, 0.1) is 0 Å². The van der Waals surface area contributed by atoms with E-state index >= 15 is 0 Å². The number of hydrogen-bond donors (Lipinski definition) is 2. The summed E-state index contributed by atoms with van der Waals surface area (Å²) in [6.45, 7) is 2.80. The van der Waals surface area contributed by atoms with Gasteiger partial charge in [0.25, 0.3) is 0 Å². The Labute approximate surface area is 96.5 Å². The molecule has 1 fully saturated rings. The molecule has 1 heterocycles. The van der Waals surface area contributed by atoms with Gasteiger partial charge < -0.3 is 10.4 Å². The highest BCUT2D eigenvalue weighted by Crippen LogP contribution is 2.01. The normalized spacial score (nSPS) is 20.3. The van der Waals surface area contributed by atoms with Crippen molar-refractivity contribution in [1.29, 1.82) is 0 Å². The van der Waals surface area contributed by atoms with Gasteiger partial charge in [-0.1, -0.05) is 0 Å². The van der Waals surface area contributed by atoms with Gasteiger partial charge in [0.05, 0.1) is 0 Å². The lowest BCUT2D eigenvalue weighted by molar-refractivity contribution is -0.142. The van der Waals surface area contributed by atoms with Crippen LogP contribution in [-0.2, 0) is 20.4 Å². The van der Waals surface area contributed by atoms with Crippen molar-refractivity contribution < 1.29 is 18.9 Å². The van der Waals surface area contributed by atoms with Gasteiger partial charge in [0.2, 0.25) is 5.91 Å². The molecule has 0 aromatic rings. The van der Waals surface area contributed by atoms with E-state index in [-0.39, 0.29) is 12.5 Å². The number of carboxylic acid groups (broad SMARTS) is 1. The highest BCUT2D eigenvalue weighted by molar-refractivity contribution is 7.85. The number of hydrogen-bond acceptors (Lipinski definition) is 4. The van der Waals surface area contributed by atoms with Crippen LogP contribution in [0.25, 0.3) is 0 Å². The Hall–Kier alpha value is -0.950. The van der Waals surface area contributed by atoms with Crippen molar-refractivity contribution in [1.82, 2.24) is 10.2 Å². The third-order valence-corrected chi connectivity index (χ3v) is 3.66. The van der Waals surface area contributed by atoms with Gasteiger partial charge >= 0.3 is 5.97 Å². The summed E-state index contributed by atoms with van der Waals surface area (Å²) in [5, 5.41) is 11.3. The van der Waals surface area contributed by atoms with Crippen molar-refractivity contribution in [2.24, 2.45) is 0 Å². The first-order chi connectivity index (χ1) is 7.49. The van der Waals surface area contributed by atoms with Crippen LogP contribution in [0.2, 0.25) is 0 Å². The molecule has 1 aliphatic rings. The van der Waals surface area contributed by atoms with E-state index in [2.05, 4.69) is 5.32 Å². The predicted molar refractivity (Wildman–Crippen MR) is 59.6 cm³/mol. The second-order valence-corrected chi connectivity index (χ2v) is 5.44. The Kier molecular flexibility index (Phi) is 4.88. The third-order valence-electron chi connectivity index (χ3n) is 2.39. The van der Waals surface area contributed by atoms with Crippen LogP contribution in [0.4, 0.5) is 0 Å². The number of amides is 1. The van der Waals surface area contributed by atoms with E-state index in [1.807, 2.05) is 4.90 Å². The van der Waals surface area contributed by atoms with Crippen molar-refractivity contribution >= 4 is 22.7 Å². The summed E-state index contributed by atoms with van der Waals surface area (Å²) in [6.07, 6.45) is 0. The molecule has 6 nitrogen and oxygen atoms in total. The van der Waals surface area contributed by atoms with Gasteiger partial charge in [-0.2, -0.15) is 0 Å². The summed E-state index contributed by atoms with van der Waals surface area (Å²) in [4.78, 5) is 23.6. The maximum Gasteiger partial charge on any atom is 0.327 e. The maximum absolute atomic E-state index is 11.1. The van der Waals surface area contributed by atoms with E-state index in [0.717, 1.165) is 0 Å². The van der Waals surface area contributed by atoms with Crippen LogP contribution in [0.1, 0.15) is 6.92 Å². The Bertz CT molecular complexity index is 298. The van der Waals surface area contributed by atoms with Crippen LogP contribution in [0.5, 0.6) is 0 Å². The molecule has 0 spiro atoms. The van der Waals surface area contributed by atoms with Gasteiger partial charge in [-0.25, -0.2) is 4.79 Å². The number of rotatable bonds is 4. The first-order valence-electron chi connectivity index (χ1n) is 5.06. The molecule has 0 saturated carbocycles. The zero-order valence-corrected chi connectivity index (χ0v) is 9.96. The second kappa shape index (κ2) is 5.95. The first-order valence-corrected chi connectivity index (χ1v) is 6.55. The van der Waals surface area contributed by atoms with Gasteiger partial charge in [0, 0.05) is 48.9 Å². The molecule has 1 saturated heterocycles. The Morgan fingerprint density at radius 3 is 2.44 bits per heavy atom. The fourth-order valence-corrected chi connectivity index (χ4v) is 2.68. The number of carbonyl (C=O) groups is 2. The summed E-state index contributed by atoms with van der Waals surface area (Å²) >= 11 is 0. The van der Waals surface area contributed by atoms with E-state index in [1.165, 1.54) is 6.92 Å². The molecule has 1 aliphatic heterocycles. The minimum Gasteiger partial charge on any atom is -0.480 e. The molecule has 0 bridgehead atoms. The van der Waals surface area contributed by atoms with Crippen LogP contribution in [0.15, 0.2) is 0 Å². The molecule has 1 rings (SSSR count). The van der Waals surface area contributed by atoms with Crippen molar-refractivity contribution in [2.45, 2.75) is 13.0 Å². The predicted octanol–water partition coefficient (Wildman–Crippen LogP) is -1.36. The van der Waals surface area contributed by atoms with E-state index in [9.17, 15) is 13.8 Å². The fraction of sp³-hybridized carbons (Fsp3) is 0.778. The molecular weight excluding hydrogens is 232 g/mol. The van der Waals surface area contributed by atoms with E-state index in [1.54, 1.807) is 0 Å². The quantitative estimate of drug-likeness (QED) is 0.641. The minimum atomic E-state index is -1.04. The molecule has 1 amide bonds. The molecule has 0 aliphatic carbocycles. The SMILES string of the molecule is CC(=O)NC(CN1CCS(=O)CC1)C(=O)O. The van der Waals surface area contributed by atoms with Crippen LogP contribution in [0.3, 0.4) is 0 Å². The number of aliphatic carboxylic acids is 1. The highest BCUT2D eigenvalue weighted by Gasteiger charge is 2.24. The zero-order chi connectivity index (χ0) is 12.1. The fourth-order valence-electron chi connectivity index (χ4n) is 1.55. The van der Waals surface area contributed by atoms with E-state index in [0.29, 0.717) is 24.6 Å². The van der Waals surface area contributed by atoms with Crippen molar-refractivity contribution in [2.75, 3.05) is 31.1 Å². The van der Waals surface area contributed by atoms with Gasteiger partial charge in [0.1, 0.15) is 6.04 Å². The summed E-state index contributed by atoms with van der Waals surface area (Å²) in [5.74, 6) is -0.242. The Morgan fingerprint density at radius 2 is 2.00 bits per heavy atom. The van der Waals surface area contributed by atoms with Crippen LogP contribution < -0.4 is 5.32 Å². The molecule has 2 N–H and O–H groups in total. The third kappa shape index (κ3) is 4.28.